The Bertz CT molecular complexity index is 566. The number of hydrogen-bond donors (Lipinski definition) is 2. The zero-order valence-corrected chi connectivity index (χ0v) is 11.9. The highest BCUT2D eigenvalue weighted by atomic mass is 79.9. The maximum absolute atomic E-state index is 10.6. The lowest BCUT2D eigenvalue weighted by Crippen LogP contribution is -2.30. The van der Waals surface area contributed by atoms with Gasteiger partial charge in [-0.25, -0.2) is 0 Å². The zero-order valence-electron chi connectivity index (χ0n) is 10.4. The molecule has 2 atom stereocenters. The number of aromatic amines is 1. The topological polar surface area (TPSA) is 39.3 Å². The summed E-state index contributed by atoms with van der Waals surface area (Å²) in [5, 5.41) is 11.7. The van der Waals surface area contributed by atoms with E-state index in [-0.39, 0.29) is 6.04 Å². The van der Waals surface area contributed by atoms with Crippen molar-refractivity contribution >= 4 is 26.8 Å². The maximum Gasteiger partial charge on any atom is 0.0965 e. The van der Waals surface area contributed by atoms with Gasteiger partial charge in [0.2, 0.25) is 0 Å². The zero-order chi connectivity index (χ0) is 12.7. The summed E-state index contributed by atoms with van der Waals surface area (Å²) in [5.74, 6) is 0. The average molecular weight is 309 g/mol. The maximum atomic E-state index is 10.6. The number of likely N-dealkylation sites (tertiary alicyclic amines) is 1. The molecule has 18 heavy (non-hydrogen) atoms. The van der Waals surface area contributed by atoms with Gasteiger partial charge in [0.15, 0.2) is 0 Å². The van der Waals surface area contributed by atoms with Gasteiger partial charge >= 0.3 is 0 Å². The SMILES string of the molecule is CN1CCCC1C(O)c1c[nH]c2ccc(Br)cc12. The van der Waals surface area contributed by atoms with Crippen LogP contribution in [0.15, 0.2) is 28.9 Å². The second kappa shape index (κ2) is 4.68. The number of benzene rings is 1. The molecule has 96 valence electrons. The Hall–Kier alpha value is -0.840. The van der Waals surface area contributed by atoms with Crippen LogP contribution in [-0.4, -0.2) is 34.6 Å². The predicted octanol–water partition coefficient (Wildman–Crippen LogP) is 3.06. The number of aromatic nitrogens is 1. The second-order valence-corrected chi connectivity index (χ2v) is 5.98. The van der Waals surface area contributed by atoms with Crippen LogP contribution < -0.4 is 0 Å². The molecular formula is C14H17BrN2O. The van der Waals surface area contributed by atoms with E-state index >= 15 is 0 Å². The van der Waals surface area contributed by atoms with Crippen LogP contribution in [0.25, 0.3) is 10.9 Å². The third kappa shape index (κ3) is 1.98. The van der Waals surface area contributed by atoms with Gasteiger partial charge in [0.25, 0.3) is 0 Å². The highest BCUT2D eigenvalue weighted by Gasteiger charge is 2.30. The van der Waals surface area contributed by atoms with Crippen molar-refractivity contribution in [3.8, 4) is 0 Å². The van der Waals surface area contributed by atoms with Gasteiger partial charge in [0, 0.05) is 33.2 Å². The highest BCUT2D eigenvalue weighted by Crippen LogP contribution is 2.33. The third-order valence-corrected chi connectivity index (χ3v) is 4.43. The Morgan fingerprint density at radius 3 is 3.06 bits per heavy atom. The minimum Gasteiger partial charge on any atom is -0.387 e. The Labute approximate surface area is 115 Å². The summed E-state index contributed by atoms with van der Waals surface area (Å²) in [5.41, 5.74) is 2.08. The number of nitrogens with one attached hydrogen (secondary N) is 1. The van der Waals surface area contributed by atoms with Gasteiger partial charge in [-0.1, -0.05) is 15.9 Å². The molecule has 0 radical (unpaired) electrons. The molecule has 2 aromatic rings. The van der Waals surface area contributed by atoms with Gasteiger partial charge < -0.3 is 15.0 Å². The molecule has 0 aliphatic carbocycles. The molecule has 2 unspecified atom stereocenters. The van der Waals surface area contributed by atoms with E-state index in [4.69, 9.17) is 0 Å². The Kier molecular flexibility index (Phi) is 3.18. The average Bonchev–Trinajstić information content (AvgIpc) is 2.94. The molecule has 3 rings (SSSR count). The molecule has 4 heteroatoms. The van der Waals surface area contributed by atoms with Crippen LogP contribution in [0.5, 0.6) is 0 Å². The van der Waals surface area contributed by atoms with Crippen LogP contribution in [0.1, 0.15) is 24.5 Å². The largest absolute Gasteiger partial charge is 0.387 e. The molecule has 1 aliphatic heterocycles. The van der Waals surface area contributed by atoms with Crippen LogP contribution in [0, 0.1) is 0 Å². The number of likely N-dealkylation sites (N-methyl/N-ethyl adjacent to an activating group) is 1. The number of halogens is 1. The number of aliphatic hydroxyl groups excluding tert-OH is 1. The number of hydrogen-bond acceptors (Lipinski definition) is 2. The number of nitrogens with zero attached hydrogens (tertiary/aromatic N) is 1. The van der Waals surface area contributed by atoms with Gasteiger partial charge in [-0.2, -0.15) is 0 Å². The van der Waals surface area contributed by atoms with Crippen molar-refractivity contribution in [3.05, 3.63) is 34.4 Å². The lowest BCUT2D eigenvalue weighted by Gasteiger charge is -2.24. The van der Waals surface area contributed by atoms with Gasteiger partial charge in [0.1, 0.15) is 0 Å². The van der Waals surface area contributed by atoms with Crippen molar-refractivity contribution in [3.63, 3.8) is 0 Å². The number of H-pyrrole nitrogens is 1. The van der Waals surface area contributed by atoms with Gasteiger partial charge in [-0.15, -0.1) is 0 Å². The first kappa shape index (κ1) is 12.2. The van der Waals surface area contributed by atoms with E-state index in [1.807, 2.05) is 18.3 Å². The first-order chi connectivity index (χ1) is 8.66. The standard InChI is InChI=1S/C14H17BrN2O/c1-17-6-2-3-13(17)14(18)11-8-16-12-5-4-9(15)7-10(11)12/h4-5,7-8,13-14,16,18H,2-3,6H2,1H3. The summed E-state index contributed by atoms with van der Waals surface area (Å²) in [6.07, 6.45) is 3.76. The minimum absolute atomic E-state index is 0.239. The van der Waals surface area contributed by atoms with E-state index in [2.05, 4.69) is 38.9 Å². The summed E-state index contributed by atoms with van der Waals surface area (Å²) in [6.45, 7) is 1.08. The lowest BCUT2D eigenvalue weighted by molar-refractivity contribution is 0.0868. The van der Waals surface area contributed by atoms with Gasteiger partial charge in [-0.3, -0.25) is 0 Å². The lowest BCUT2D eigenvalue weighted by atomic mass is 10.00. The number of aliphatic hydroxyl groups is 1. The van der Waals surface area contributed by atoms with Crippen LogP contribution in [0.4, 0.5) is 0 Å². The molecule has 1 saturated heterocycles. The molecule has 0 amide bonds. The van der Waals surface area contributed by atoms with Crippen LogP contribution in [0.2, 0.25) is 0 Å². The molecule has 2 heterocycles. The Balaban J connectivity index is 2.00. The van der Waals surface area contributed by atoms with Crippen molar-refractivity contribution < 1.29 is 5.11 Å². The van der Waals surface area contributed by atoms with E-state index in [1.165, 1.54) is 6.42 Å². The van der Waals surface area contributed by atoms with E-state index in [9.17, 15) is 5.11 Å². The smallest absolute Gasteiger partial charge is 0.0965 e. The normalized spacial score (nSPS) is 22.7. The molecule has 3 nitrogen and oxygen atoms in total. The molecule has 1 fully saturated rings. The first-order valence-corrected chi connectivity index (χ1v) is 7.11. The van der Waals surface area contributed by atoms with Crippen LogP contribution in [-0.2, 0) is 0 Å². The van der Waals surface area contributed by atoms with E-state index < -0.39 is 6.10 Å². The van der Waals surface area contributed by atoms with Crippen LogP contribution >= 0.6 is 15.9 Å². The van der Waals surface area contributed by atoms with Crippen molar-refractivity contribution in [1.82, 2.24) is 9.88 Å². The molecule has 1 aliphatic rings. The molecule has 0 saturated carbocycles. The fourth-order valence-electron chi connectivity index (χ4n) is 2.90. The van der Waals surface area contributed by atoms with E-state index in [0.29, 0.717) is 0 Å². The summed E-state index contributed by atoms with van der Waals surface area (Å²) in [4.78, 5) is 5.49. The number of rotatable bonds is 2. The fourth-order valence-corrected chi connectivity index (χ4v) is 3.26. The Morgan fingerprint density at radius 2 is 2.33 bits per heavy atom. The van der Waals surface area contributed by atoms with Crippen molar-refractivity contribution in [2.45, 2.75) is 25.0 Å². The molecular weight excluding hydrogens is 292 g/mol. The summed E-state index contributed by atoms with van der Waals surface area (Å²) in [6, 6.07) is 6.35. The summed E-state index contributed by atoms with van der Waals surface area (Å²) in [7, 11) is 2.09. The number of fused-ring (bicyclic) bond motifs is 1. The minimum atomic E-state index is -0.416. The monoisotopic (exact) mass is 308 g/mol. The van der Waals surface area contributed by atoms with Crippen molar-refractivity contribution in [2.24, 2.45) is 0 Å². The van der Waals surface area contributed by atoms with E-state index in [0.717, 1.165) is 33.9 Å². The van der Waals surface area contributed by atoms with Crippen LogP contribution in [0.3, 0.4) is 0 Å². The quantitative estimate of drug-likeness (QED) is 0.895. The molecule has 0 bridgehead atoms. The van der Waals surface area contributed by atoms with Gasteiger partial charge in [0.05, 0.1) is 6.10 Å². The molecule has 0 spiro atoms. The van der Waals surface area contributed by atoms with Crippen molar-refractivity contribution in [1.29, 1.82) is 0 Å². The third-order valence-electron chi connectivity index (χ3n) is 3.94. The van der Waals surface area contributed by atoms with Gasteiger partial charge in [-0.05, 0) is 44.6 Å². The van der Waals surface area contributed by atoms with Crippen molar-refractivity contribution in [2.75, 3.05) is 13.6 Å². The highest BCUT2D eigenvalue weighted by molar-refractivity contribution is 9.10. The molecule has 1 aromatic heterocycles. The molecule has 1 aromatic carbocycles. The summed E-state index contributed by atoms with van der Waals surface area (Å²) < 4.78 is 1.04. The first-order valence-electron chi connectivity index (χ1n) is 6.31. The van der Waals surface area contributed by atoms with E-state index in [1.54, 1.807) is 0 Å². The Morgan fingerprint density at radius 1 is 1.50 bits per heavy atom. The predicted molar refractivity (Wildman–Crippen MR) is 76.6 cm³/mol. The molecule has 2 N–H and O–H groups in total. The fraction of sp³-hybridized carbons (Fsp3) is 0.429. The summed E-state index contributed by atoms with van der Waals surface area (Å²) >= 11 is 3.49. The second-order valence-electron chi connectivity index (χ2n) is 5.07.